The molecule has 0 aliphatic heterocycles. The molecule has 0 bridgehead atoms. The molecule has 0 heterocycles. The Hall–Kier alpha value is -1.28. The number of phenols is 1. The fourth-order valence-electron chi connectivity index (χ4n) is 2.67. The number of hydrogen-bond acceptors (Lipinski definition) is 2. The molecule has 0 saturated heterocycles. The zero-order valence-electron chi connectivity index (χ0n) is 11.8. The topological polar surface area (TPSA) is 23.5 Å². The van der Waals surface area contributed by atoms with Crippen molar-refractivity contribution in [1.29, 1.82) is 0 Å². The molecule has 0 amide bonds. The van der Waals surface area contributed by atoms with Gasteiger partial charge in [-0.25, -0.2) is 0 Å². The molecule has 1 aliphatic rings. The van der Waals surface area contributed by atoms with Crippen LogP contribution in [0.1, 0.15) is 37.3 Å². The molecule has 1 aromatic rings. The number of hydrogen-bond donors (Lipinski definition) is 1. The largest absolute Gasteiger partial charge is 0.507 e. The molecule has 0 fully saturated rings. The first-order chi connectivity index (χ1) is 8.50. The quantitative estimate of drug-likeness (QED) is 0.881. The third kappa shape index (κ3) is 2.44. The predicted octanol–water partition coefficient (Wildman–Crippen LogP) is 3.48. The number of phenolic OH excluding ortho intramolecular Hbond substituents is 1. The van der Waals surface area contributed by atoms with E-state index in [-0.39, 0.29) is 0 Å². The fraction of sp³-hybridized carbons (Fsp3) is 0.500. The average molecular weight is 245 g/mol. The van der Waals surface area contributed by atoms with E-state index in [0.29, 0.717) is 17.6 Å². The van der Waals surface area contributed by atoms with Crippen LogP contribution in [0.2, 0.25) is 0 Å². The highest BCUT2D eigenvalue weighted by atomic mass is 16.3. The zero-order valence-corrected chi connectivity index (χ0v) is 11.8. The summed E-state index contributed by atoms with van der Waals surface area (Å²) in [5, 5.41) is 10.1. The van der Waals surface area contributed by atoms with E-state index in [1.165, 1.54) is 11.1 Å². The third-order valence-electron chi connectivity index (χ3n) is 3.97. The summed E-state index contributed by atoms with van der Waals surface area (Å²) in [4.78, 5) is 2.18. The first kappa shape index (κ1) is 13.2. The second kappa shape index (κ2) is 5.15. The van der Waals surface area contributed by atoms with Gasteiger partial charge in [-0.15, -0.1) is 0 Å². The van der Waals surface area contributed by atoms with Gasteiger partial charge >= 0.3 is 0 Å². The zero-order chi connectivity index (χ0) is 13.3. The minimum atomic E-state index is 0.427. The lowest BCUT2D eigenvalue weighted by atomic mass is 9.77. The maximum Gasteiger partial charge on any atom is 0.123 e. The molecule has 2 heteroatoms. The number of allylic oxidation sites excluding steroid dienone is 1. The van der Waals surface area contributed by atoms with Gasteiger partial charge in [0.1, 0.15) is 5.75 Å². The van der Waals surface area contributed by atoms with Crippen molar-refractivity contribution in [3.63, 3.8) is 0 Å². The second-order valence-corrected chi connectivity index (χ2v) is 5.63. The Morgan fingerprint density at radius 3 is 2.61 bits per heavy atom. The van der Waals surface area contributed by atoms with E-state index in [4.69, 9.17) is 0 Å². The smallest absolute Gasteiger partial charge is 0.123 e. The van der Waals surface area contributed by atoms with Crippen LogP contribution in [-0.4, -0.2) is 30.6 Å². The van der Waals surface area contributed by atoms with E-state index < -0.39 is 0 Å². The Labute approximate surface area is 110 Å². The maximum atomic E-state index is 10.1. The molecule has 2 nitrogen and oxygen atoms in total. The summed E-state index contributed by atoms with van der Waals surface area (Å²) < 4.78 is 0. The summed E-state index contributed by atoms with van der Waals surface area (Å²) in [5.74, 6) is 1.45. The summed E-state index contributed by atoms with van der Waals surface area (Å²) in [6.45, 7) is 5.51. The van der Waals surface area contributed by atoms with Crippen LogP contribution in [0.15, 0.2) is 24.3 Å². The maximum absolute atomic E-state index is 10.1. The van der Waals surface area contributed by atoms with Crippen LogP contribution in [0.5, 0.6) is 5.75 Å². The predicted molar refractivity (Wildman–Crippen MR) is 76.8 cm³/mol. The number of aromatic hydroxyl groups is 1. The lowest BCUT2D eigenvalue weighted by Crippen LogP contribution is -2.17. The Morgan fingerprint density at radius 2 is 1.94 bits per heavy atom. The van der Waals surface area contributed by atoms with Crippen molar-refractivity contribution in [3.8, 4) is 5.75 Å². The van der Waals surface area contributed by atoms with Gasteiger partial charge in [0, 0.05) is 12.1 Å². The second-order valence-electron chi connectivity index (χ2n) is 5.63. The monoisotopic (exact) mass is 245 g/mol. The standard InChI is InChI=1S/C16H23NO/c1-11-10-13(8-9-17(3)4)16-14(12(11)2)6-5-7-15(16)18/h5-7,10-12,18H,8-9H2,1-4H3. The Morgan fingerprint density at radius 1 is 1.22 bits per heavy atom. The molecule has 18 heavy (non-hydrogen) atoms. The van der Waals surface area contributed by atoms with E-state index in [1.807, 2.05) is 6.07 Å². The lowest BCUT2D eigenvalue weighted by Gasteiger charge is -2.29. The number of rotatable bonds is 3. The minimum Gasteiger partial charge on any atom is -0.507 e. The molecule has 0 aromatic heterocycles. The number of fused-ring (bicyclic) bond motifs is 1. The SMILES string of the molecule is CC1C=C(CCN(C)C)c2c(O)cccc2C1C. The Balaban J connectivity index is 2.39. The average Bonchev–Trinajstić information content (AvgIpc) is 2.32. The van der Waals surface area contributed by atoms with Crippen molar-refractivity contribution in [1.82, 2.24) is 4.90 Å². The molecule has 2 unspecified atom stereocenters. The van der Waals surface area contributed by atoms with E-state index >= 15 is 0 Å². The van der Waals surface area contributed by atoms with Gasteiger partial charge in [0.05, 0.1) is 0 Å². The highest BCUT2D eigenvalue weighted by Crippen LogP contribution is 2.42. The van der Waals surface area contributed by atoms with Crippen molar-refractivity contribution in [2.75, 3.05) is 20.6 Å². The van der Waals surface area contributed by atoms with Gasteiger partial charge in [-0.2, -0.15) is 0 Å². The fourth-order valence-corrected chi connectivity index (χ4v) is 2.67. The van der Waals surface area contributed by atoms with Gasteiger partial charge in [0.2, 0.25) is 0 Å². The Kier molecular flexibility index (Phi) is 3.76. The molecule has 1 aromatic carbocycles. The first-order valence-electron chi connectivity index (χ1n) is 6.68. The van der Waals surface area contributed by atoms with Gasteiger partial charge in [-0.1, -0.05) is 32.1 Å². The van der Waals surface area contributed by atoms with Crippen molar-refractivity contribution < 1.29 is 5.11 Å². The molecule has 2 atom stereocenters. The molecule has 0 saturated carbocycles. The molecule has 2 rings (SSSR count). The number of nitrogens with zero attached hydrogens (tertiary/aromatic N) is 1. The summed E-state index contributed by atoms with van der Waals surface area (Å²) >= 11 is 0. The van der Waals surface area contributed by atoms with Crippen LogP contribution in [0.4, 0.5) is 0 Å². The van der Waals surface area contributed by atoms with Crippen LogP contribution in [0.25, 0.3) is 5.57 Å². The molecule has 0 spiro atoms. The number of benzene rings is 1. The van der Waals surface area contributed by atoms with Gasteiger partial charge in [-0.3, -0.25) is 0 Å². The van der Waals surface area contributed by atoms with Gasteiger partial charge < -0.3 is 10.0 Å². The Bertz CT molecular complexity index is 462. The van der Waals surface area contributed by atoms with Crippen molar-refractivity contribution >= 4 is 5.57 Å². The van der Waals surface area contributed by atoms with Gasteiger partial charge in [0.25, 0.3) is 0 Å². The third-order valence-corrected chi connectivity index (χ3v) is 3.97. The highest BCUT2D eigenvalue weighted by molar-refractivity contribution is 5.75. The normalized spacial score (nSPS) is 22.8. The molecule has 98 valence electrons. The van der Waals surface area contributed by atoms with Crippen molar-refractivity contribution in [2.24, 2.45) is 5.92 Å². The van der Waals surface area contributed by atoms with Crippen LogP contribution in [0.3, 0.4) is 0 Å². The minimum absolute atomic E-state index is 0.427. The van der Waals surface area contributed by atoms with Gasteiger partial charge in [0.15, 0.2) is 0 Å². The summed E-state index contributed by atoms with van der Waals surface area (Å²) in [7, 11) is 4.17. The summed E-state index contributed by atoms with van der Waals surface area (Å²) in [5.41, 5.74) is 3.66. The van der Waals surface area contributed by atoms with Crippen molar-refractivity contribution in [3.05, 3.63) is 35.4 Å². The highest BCUT2D eigenvalue weighted by Gasteiger charge is 2.25. The van der Waals surface area contributed by atoms with Gasteiger partial charge in [-0.05, 0) is 49.6 Å². The molecule has 0 radical (unpaired) electrons. The summed E-state index contributed by atoms with van der Waals surface area (Å²) in [6, 6.07) is 5.90. The van der Waals surface area contributed by atoms with Crippen LogP contribution in [-0.2, 0) is 0 Å². The lowest BCUT2D eigenvalue weighted by molar-refractivity contribution is 0.417. The van der Waals surface area contributed by atoms with E-state index in [0.717, 1.165) is 18.5 Å². The van der Waals surface area contributed by atoms with E-state index in [9.17, 15) is 5.11 Å². The first-order valence-corrected chi connectivity index (χ1v) is 6.68. The van der Waals surface area contributed by atoms with Crippen molar-refractivity contribution in [2.45, 2.75) is 26.2 Å². The molecular formula is C16H23NO. The molecular weight excluding hydrogens is 222 g/mol. The summed E-state index contributed by atoms with van der Waals surface area (Å²) in [6.07, 6.45) is 3.32. The molecule has 1 N–H and O–H groups in total. The van der Waals surface area contributed by atoms with Crippen LogP contribution >= 0.6 is 0 Å². The van der Waals surface area contributed by atoms with E-state index in [1.54, 1.807) is 6.07 Å². The van der Waals surface area contributed by atoms with Crippen LogP contribution in [0, 0.1) is 5.92 Å². The molecule has 1 aliphatic carbocycles. The van der Waals surface area contributed by atoms with E-state index in [2.05, 4.69) is 45.0 Å². The van der Waals surface area contributed by atoms with Crippen LogP contribution < -0.4 is 0 Å².